The van der Waals surface area contributed by atoms with Crippen molar-refractivity contribution >= 4 is 31.2 Å². The van der Waals surface area contributed by atoms with Crippen LogP contribution in [-0.4, -0.2) is 49.4 Å². The van der Waals surface area contributed by atoms with Gasteiger partial charge in [-0.05, 0) is 73.1 Å². The van der Waals surface area contributed by atoms with E-state index in [0.29, 0.717) is 17.7 Å². The zero-order valence-corrected chi connectivity index (χ0v) is 30.7. The number of ether oxygens (including phenoxy) is 1. The molecule has 270 valence electrons. The SMILES string of the molecule is CC(C)=CCCP(=O)(OCCC#N)OCc1ccc(NC(=O)[C@H](C)NC(=O)[C@@H](NC(=O)OCC2c3ccccc3-c3ccccc32)C(C)C)cc1. The normalized spacial score (nSPS) is 14.2. The van der Waals surface area contributed by atoms with E-state index in [0.717, 1.165) is 27.8 Å². The average molecular weight is 715 g/mol. The third kappa shape index (κ3) is 11.1. The molecule has 0 aromatic heterocycles. The van der Waals surface area contributed by atoms with Gasteiger partial charge in [0, 0.05) is 11.6 Å². The van der Waals surface area contributed by atoms with E-state index in [1.165, 1.54) is 0 Å². The van der Waals surface area contributed by atoms with E-state index >= 15 is 0 Å². The van der Waals surface area contributed by atoms with Gasteiger partial charge in [-0.25, -0.2) is 4.79 Å². The topological polar surface area (TPSA) is 156 Å². The Labute approximate surface area is 300 Å². The van der Waals surface area contributed by atoms with Crippen LogP contribution in [0.1, 0.15) is 70.1 Å². The number of rotatable bonds is 17. The van der Waals surface area contributed by atoms with Crippen molar-refractivity contribution in [2.45, 2.75) is 72.1 Å². The molecule has 3 aromatic carbocycles. The Morgan fingerprint density at radius 3 is 2.10 bits per heavy atom. The summed E-state index contributed by atoms with van der Waals surface area (Å²) in [5.74, 6) is -1.37. The Kier molecular flexibility index (Phi) is 14.1. The van der Waals surface area contributed by atoms with Crippen LogP contribution in [0.5, 0.6) is 0 Å². The first-order valence-electron chi connectivity index (χ1n) is 17.1. The van der Waals surface area contributed by atoms with Gasteiger partial charge in [0.1, 0.15) is 18.7 Å². The molecule has 1 aliphatic rings. The molecule has 1 aliphatic carbocycles. The van der Waals surface area contributed by atoms with Crippen molar-refractivity contribution in [3.8, 4) is 17.2 Å². The maximum Gasteiger partial charge on any atom is 0.407 e. The maximum atomic E-state index is 13.2. The molecular formula is C39H47N4O7P. The van der Waals surface area contributed by atoms with Gasteiger partial charge in [0.05, 0.1) is 31.9 Å². The predicted molar refractivity (Wildman–Crippen MR) is 197 cm³/mol. The highest BCUT2D eigenvalue weighted by molar-refractivity contribution is 7.53. The van der Waals surface area contributed by atoms with Gasteiger partial charge >= 0.3 is 13.7 Å². The second-order valence-electron chi connectivity index (χ2n) is 13.0. The molecule has 3 N–H and O–H groups in total. The van der Waals surface area contributed by atoms with Crippen LogP contribution in [0.2, 0.25) is 0 Å². The Hall–Kier alpha value is -4.75. The van der Waals surface area contributed by atoms with Gasteiger partial charge in [0.15, 0.2) is 0 Å². The average Bonchev–Trinajstić information content (AvgIpc) is 3.42. The molecule has 3 aromatic rings. The molecule has 4 rings (SSSR count). The molecule has 12 heteroatoms. The zero-order chi connectivity index (χ0) is 37.0. The van der Waals surface area contributed by atoms with Crippen molar-refractivity contribution in [1.29, 1.82) is 5.26 Å². The largest absolute Gasteiger partial charge is 0.449 e. The third-order valence-electron chi connectivity index (χ3n) is 8.42. The third-order valence-corrected chi connectivity index (χ3v) is 10.3. The zero-order valence-electron chi connectivity index (χ0n) is 29.8. The van der Waals surface area contributed by atoms with Crippen LogP contribution in [0.4, 0.5) is 10.5 Å². The number of hydrogen-bond donors (Lipinski definition) is 3. The Bertz CT molecular complexity index is 1750. The van der Waals surface area contributed by atoms with Crippen LogP contribution in [0.15, 0.2) is 84.4 Å². The number of fused-ring (bicyclic) bond motifs is 3. The lowest BCUT2D eigenvalue weighted by molar-refractivity contribution is -0.128. The molecular weight excluding hydrogens is 667 g/mol. The summed E-state index contributed by atoms with van der Waals surface area (Å²) in [5, 5.41) is 17.0. The highest BCUT2D eigenvalue weighted by Gasteiger charge is 2.31. The van der Waals surface area contributed by atoms with Crippen molar-refractivity contribution in [2.75, 3.05) is 24.7 Å². The van der Waals surface area contributed by atoms with Crippen LogP contribution in [0.3, 0.4) is 0 Å². The Morgan fingerprint density at radius 1 is 0.882 bits per heavy atom. The number of nitrogens with zero attached hydrogens (tertiary/aromatic N) is 1. The number of allylic oxidation sites excluding steroid dienone is 2. The second-order valence-corrected chi connectivity index (χ2v) is 15.2. The van der Waals surface area contributed by atoms with Gasteiger partial charge < -0.3 is 29.7 Å². The number of nitriles is 1. The summed E-state index contributed by atoms with van der Waals surface area (Å²) in [6, 6.07) is 23.0. The predicted octanol–water partition coefficient (Wildman–Crippen LogP) is 7.69. The van der Waals surface area contributed by atoms with Crippen molar-refractivity contribution in [2.24, 2.45) is 5.92 Å². The lowest BCUT2D eigenvalue weighted by Crippen LogP contribution is -2.53. The van der Waals surface area contributed by atoms with Crippen molar-refractivity contribution in [1.82, 2.24) is 10.6 Å². The number of carbonyl (C=O) groups excluding carboxylic acids is 3. The molecule has 3 atom stereocenters. The van der Waals surface area contributed by atoms with Crippen molar-refractivity contribution in [3.63, 3.8) is 0 Å². The van der Waals surface area contributed by atoms with E-state index in [1.54, 1.807) is 45.0 Å². The number of amides is 3. The van der Waals surface area contributed by atoms with Crippen molar-refractivity contribution in [3.05, 3.63) is 101 Å². The fraction of sp³-hybridized carbons (Fsp3) is 0.385. The highest BCUT2D eigenvalue weighted by atomic mass is 31.2. The molecule has 0 fully saturated rings. The standard InChI is InChI=1S/C39H47N4O7P/c1-26(2)12-10-23-51(47,49-22-11-21-40)50-24-29-17-19-30(20-18-29)42-37(44)28(5)41-38(45)36(27(3)4)43-39(46)48-25-35-33-15-8-6-13-31(33)32-14-7-9-16-34(32)35/h6-9,12-20,27-28,35-36H,10-11,22-25H2,1-5H3,(H,41,45)(H,42,44)(H,43,46)/t28-,36-,51?/m0/s1. The van der Waals surface area contributed by atoms with Gasteiger partial charge in [-0.2, -0.15) is 5.26 Å². The monoisotopic (exact) mass is 714 g/mol. The molecule has 1 unspecified atom stereocenters. The molecule has 0 heterocycles. The molecule has 0 aliphatic heterocycles. The fourth-order valence-electron chi connectivity index (χ4n) is 5.69. The molecule has 0 saturated carbocycles. The molecule has 3 amide bonds. The number of anilines is 1. The van der Waals surface area contributed by atoms with E-state index in [9.17, 15) is 18.9 Å². The van der Waals surface area contributed by atoms with E-state index < -0.39 is 37.6 Å². The van der Waals surface area contributed by atoms with Gasteiger partial charge in [0.25, 0.3) is 0 Å². The van der Waals surface area contributed by atoms with Crippen LogP contribution in [-0.2, 0) is 34.5 Å². The number of nitrogens with one attached hydrogen (secondary N) is 3. The first kappa shape index (κ1) is 39.0. The van der Waals surface area contributed by atoms with Gasteiger partial charge in [-0.1, -0.05) is 86.2 Å². The van der Waals surface area contributed by atoms with E-state index in [-0.39, 0.29) is 44.2 Å². The molecule has 0 spiro atoms. The molecule has 0 saturated heterocycles. The van der Waals surface area contributed by atoms with E-state index in [1.807, 2.05) is 62.4 Å². The summed E-state index contributed by atoms with van der Waals surface area (Å²) in [6.07, 6.45) is 2.06. The summed E-state index contributed by atoms with van der Waals surface area (Å²) in [7, 11) is -3.43. The minimum atomic E-state index is -3.43. The summed E-state index contributed by atoms with van der Waals surface area (Å²) < 4.78 is 30.1. The number of alkyl carbamates (subject to hydrolysis) is 1. The van der Waals surface area contributed by atoms with Crippen LogP contribution in [0, 0.1) is 17.2 Å². The van der Waals surface area contributed by atoms with Gasteiger partial charge in [0.2, 0.25) is 11.8 Å². The quantitative estimate of drug-likeness (QED) is 0.0730. The molecule has 0 bridgehead atoms. The smallest absolute Gasteiger partial charge is 0.407 e. The first-order valence-corrected chi connectivity index (χ1v) is 18.8. The van der Waals surface area contributed by atoms with Crippen LogP contribution < -0.4 is 16.0 Å². The Morgan fingerprint density at radius 2 is 1.51 bits per heavy atom. The number of carbonyl (C=O) groups is 3. The molecule has 0 radical (unpaired) electrons. The van der Waals surface area contributed by atoms with Gasteiger partial charge in [-0.3, -0.25) is 14.2 Å². The van der Waals surface area contributed by atoms with Crippen molar-refractivity contribution < 1.29 is 32.7 Å². The minimum Gasteiger partial charge on any atom is -0.449 e. The number of benzene rings is 3. The summed E-state index contributed by atoms with van der Waals surface area (Å²) >= 11 is 0. The Balaban J connectivity index is 1.27. The fourth-order valence-corrected chi connectivity index (χ4v) is 7.18. The molecule has 51 heavy (non-hydrogen) atoms. The maximum absolute atomic E-state index is 13.2. The summed E-state index contributed by atoms with van der Waals surface area (Å²) in [5.41, 5.74) is 6.69. The van der Waals surface area contributed by atoms with Gasteiger partial charge in [-0.15, -0.1) is 0 Å². The molecule has 11 nitrogen and oxygen atoms in total. The summed E-state index contributed by atoms with van der Waals surface area (Å²) in [4.78, 5) is 39.1. The second kappa shape index (κ2) is 18.5. The van der Waals surface area contributed by atoms with E-state index in [2.05, 4.69) is 28.1 Å². The van der Waals surface area contributed by atoms with Crippen LogP contribution in [0.25, 0.3) is 11.1 Å². The van der Waals surface area contributed by atoms with E-state index in [4.69, 9.17) is 19.0 Å². The summed E-state index contributed by atoms with van der Waals surface area (Å²) in [6.45, 7) is 9.20. The number of hydrogen-bond acceptors (Lipinski definition) is 8. The lowest BCUT2D eigenvalue weighted by atomic mass is 9.98. The minimum absolute atomic E-state index is 0.0195. The highest BCUT2D eigenvalue weighted by Crippen LogP contribution is 2.50. The lowest BCUT2D eigenvalue weighted by Gasteiger charge is -2.24. The first-order chi connectivity index (χ1) is 24.4. The van der Waals surface area contributed by atoms with Crippen LogP contribution >= 0.6 is 7.60 Å².